The standard InChI is InChI=1S/C10H19N3O2/c1-7(11)10(15)13-5-3-8(4-6-13)9(14)12-2/h7-8H,3-6,11H2,1-2H3,(H,12,14)/t7-/m0/s1. The van der Waals surface area contributed by atoms with Gasteiger partial charge in [0.15, 0.2) is 0 Å². The molecule has 1 fully saturated rings. The maximum atomic E-state index is 11.5. The first-order chi connectivity index (χ1) is 7.06. The molecule has 1 rings (SSSR count). The van der Waals surface area contributed by atoms with Crippen LogP contribution in [0.5, 0.6) is 0 Å². The van der Waals surface area contributed by atoms with Crippen molar-refractivity contribution in [3.63, 3.8) is 0 Å². The summed E-state index contributed by atoms with van der Waals surface area (Å²) in [5, 5.41) is 2.63. The number of nitrogens with one attached hydrogen (secondary N) is 1. The smallest absolute Gasteiger partial charge is 0.239 e. The topological polar surface area (TPSA) is 75.4 Å². The van der Waals surface area contributed by atoms with Crippen LogP contribution in [-0.2, 0) is 9.59 Å². The highest BCUT2D eigenvalue weighted by atomic mass is 16.2. The number of nitrogens with zero attached hydrogens (tertiary/aromatic N) is 1. The summed E-state index contributed by atoms with van der Waals surface area (Å²) in [5.74, 6) is 0.0976. The van der Waals surface area contributed by atoms with Crippen LogP contribution in [0.3, 0.4) is 0 Å². The van der Waals surface area contributed by atoms with Crippen LogP contribution in [0.1, 0.15) is 19.8 Å². The zero-order valence-electron chi connectivity index (χ0n) is 9.32. The van der Waals surface area contributed by atoms with Gasteiger partial charge < -0.3 is 16.0 Å². The van der Waals surface area contributed by atoms with E-state index in [1.807, 2.05) is 0 Å². The minimum absolute atomic E-state index is 0.0228. The van der Waals surface area contributed by atoms with Crippen LogP contribution >= 0.6 is 0 Å². The molecule has 2 amide bonds. The molecule has 3 N–H and O–H groups in total. The summed E-state index contributed by atoms with van der Waals surface area (Å²) in [6, 6.07) is -0.443. The highest BCUT2D eigenvalue weighted by molar-refractivity contribution is 5.82. The zero-order chi connectivity index (χ0) is 11.4. The Bertz CT molecular complexity index is 245. The van der Waals surface area contributed by atoms with Gasteiger partial charge in [0.05, 0.1) is 6.04 Å². The van der Waals surface area contributed by atoms with Gasteiger partial charge >= 0.3 is 0 Å². The SMILES string of the molecule is CNC(=O)C1CCN(C(=O)[C@H](C)N)CC1. The van der Waals surface area contributed by atoms with Gasteiger partial charge in [-0.1, -0.05) is 0 Å². The molecule has 0 saturated carbocycles. The second-order valence-electron chi connectivity index (χ2n) is 4.00. The Hall–Kier alpha value is -1.10. The third-order valence-electron chi connectivity index (χ3n) is 2.81. The van der Waals surface area contributed by atoms with Crippen LogP contribution in [0.25, 0.3) is 0 Å². The van der Waals surface area contributed by atoms with E-state index in [-0.39, 0.29) is 17.7 Å². The van der Waals surface area contributed by atoms with Crippen molar-refractivity contribution in [2.24, 2.45) is 11.7 Å². The Balaban J connectivity index is 2.42. The fourth-order valence-corrected chi connectivity index (χ4v) is 1.85. The molecule has 0 spiro atoms. The number of hydrogen-bond donors (Lipinski definition) is 2. The molecule has 0 aromatic carbocycles. The number of carbonyl (C=O) groups excluding carboxylic acids is 2. The summed E-state index contributed by atoms with van der Waals surface area (Å²) in [6.45, 7) is 2.96. The molecule has 1 saturated heterocycles. The molecular weight excluding hydrogens is 194 g/mol. The fourth-order valence-electron chi connectivity index (χ4n) is 1.85. The maximum Gasteiger partial charge on any atom is 0.239 e. The van der Waals surface area contributed by atoms with Gasteiger partial charge in [0.1, 0.15) is 0 Å². The molecule has 1 aliphatic heterocycles. The molecule has 1 atom stereocenters. The van der Waals surface area contributed by atoms with E-state index in [2.05, 4.69) is 5.32 Å². The van der Waals surface area contributed by atoms with Gasteiger partial charge in [-0.25, -0.2) is 0 Å². The molecule has 86 valence electrons. The Morgan fingerprint density at radius 1 is 1.40 bits per heavy atom. The molecule has 0 bridgehead atoms. The summed E-state index contributed by atoms with van der Waals surface area (Å²) in [5.41, 5.74) is 5.52. The van der Waals surface area contributed by atoms with Crippen molar-refractivity contribution in [2.45, 2.75) is 25.8 Å². The third-order valence-corrected chi connectivity index (χ3v) is 2.81. The van der Waals surface area contributed by atoms with Crippen molar-refractivity contribution in [3.8, 4) is 0 Å². The minimum Gasteiger partial charge on any atom is -0.359 e. The highest BCUT2D eigenvalue weighted by Crippen LogP contribution is 2.17. The van der Waals surface area contributed by atoms with Gasteiger partial charge in [-0.05, 0) is 19.8 Å². The first kappa shape index (κ1) is 12.0. The molecule has 0 aliphatic carbocycles. The molecule has 0 aromatic rings. The molecule has 1 aliphatic rings. The monoisotopic (exact) mass is 213 g/mol. The first-order valence-corrected chi connectivity index (χ1v) is 5.32. The van der Waals surface area contributed by atoms with Gasteiger partial charge in [-0.2, -0.15) is 0 Å². The van der Waals surface area contributed by atoms with E-state index in [1.54, 1.807) is 18.9 Å². The van der Waals surface area contributed by atoms with Gasteiger partial charge in [0.2, 0.25) is 11.8 Å². The van der Waals surface area contributed by atoms with Crippen molar-refractivity contribution in [3.05, 3.63) is 0 Å². The van der Waals surface area contributed by atoms with Crippen LogP contribution < -0.4 is 11.1 Å². The van der Waals surface area contributed by atoms with E-state index in [4.69, 9.17) is 5.73 Å². The predicted octanol–water partition coefficient (Wildman–Crippen LogP) is -0.682. The molecule has 15 heavy (non-hydrogen) atoms. The van der Waals surface area contributed by atoms with Crippen molar-refractivity contribution in [1.82, 2.24) is 10.2 Å². The van der Waals surface area contributed by atoms with E-state index in [1.165, 1.54) is 0 Å². The second-order valence-corrected chi connectivity index (χ2v) is 4.00. The van der Waals surface area contributed by atoms with Crippen LogP contribution in [0.4, 0.5) is 0 Å². The number of amides is 2. The van der Waals surface area contributed by atoms with E-state index < -0.39 is 6.04 Å². The molecule has 0 unspecified atom stereocenters. The summed E-state index contributed by atoms with van der Waals surface area (Å²) < 4.78 is 0. The average Bonchev–Trinajstić information content (AvgIpc) is 2.27. The van der Waals surface area contributed by atoms with Crippen molar-refractivity contribution >= 4 is 11.8 Å². The lowest BCUT2D eigenvalue weighted by atomic mass is 9.95. The van der Waals surface area contributed by atoms with E-state index >= 15 is 0 Å². The molecule has 5 nitrogen and oxygen atoms in total. The minimum atomic E-state index is -0.443. The van der Waals surface area contributed by atoms with Crippen LogP contribution in [-0.4, -0.2) is 42.9 Å². The molecule has 0 aromatic heterocycles. The normalized spacial score (nSPS) is 19.8. The predicted molar refractivity (Wildman–Crippen MR) is 57.0 cm³/mol. The van der Waals surface area contributed by atoms with Crippen molar-refractivity contribution in [1.29, 1.82) is 0 Å². The van der Waals surface area contributed by atoms with Gasteiger partial charge in [0, 0.05) is 26.1 Å². The van der Waals surface area contributed by atoms with Gasteiger partial charge in [0.25, 0.3) is 0 Å². The van der Waals surface area contributed by atoms with E-state index in [0.29, 0.717) is 13.1 Å². The number of nitrogens with two attached hydrogens (primary N) is 1. The van der Waals surface area contributed by atoms with E-state index in [9.17, 15) is 9.59 Å². The quantitative estimate of drug-likeness (QED) is 0.638. The summed E-state index contributed by atoms with van der Waals surface area (Å²) in [6.07, 6.45) is 1.47. The highest BCUT2D eigenvalue weighted by Gasteiger charge is 2.27. The maximum absolute atomic E-state index is 11.5. The molecule has 0 radical (unpaired) electrons. The Labute approximate surface area is 90.0 Å². The zero-order valence-corrected chi connectivity index (χ0v) is 9.32. The average molecular weight is 213 g/mol. The molecule has 1 heterocycles. The fraction of sp³-hybridized carbons (Fsp3) is 0.800. The van der Waals surface area contributed by atoms with E-state index in [0.717, 1.165) is 12.8 Å². The number of likely N-dealkylation sites (tertiary alicyclic amines) is 1. The summed E-state index contributed by atoms with van der Waals surface area (Å²) in [4.78, 5) is 24.6. The summed E-state index contributed by atoms with van der Waals surface area (Å²) >= 11 is 0. The van der Waals surface area contributed by atoms with Crippen LogP contribution in [0, 0.1) is 5.92 Å². The van der Waals surface area contributed by atoms with Crippen LogP contribution in [0.15, 0.2) is 0 Å². The largest absolute Gasteiger partial charge is 0.359 e. The number of piperidine rings is 1. The third kappa shape index (κ3) is 2.92. The first-order valence-electron chi connectivity index (χ1n) is 5.32. The van der Waals surface area contributed by atoms with Crippen molar-refractivity contribution in [2.75, 3.05) is 20.1 Å². The number of hydrogen-bond acceptors (Lipinski definition) is 3. The number of rotatable bonds is 2. The Morgan fingerprint density at radius 2 is 1.93 bits per heavy atom. The second kappa shape index (κ2) is 5.11. The Kier molecular flexibility index (Phi) is 4.08. The van der Waals surface area contributed by atoms with Crippen molar-refractivity contribution < 1.29 is 9.59 Å². The van der Waals surface area contributed by atoms with Gasteiger partial charge in [-0.15, -0.1) is 0 Å². The molecular formula is C10H19N3O2. The number of carbonyl (C=O) groups is 2. The van der Waals surface area contributed by atoms with Gasteiger partial charge in [-0.3, -0.25) is 9.59 Å². The summed E-state index contributed by atoms with van der Waals surface area (Å²) in [7, 11) is 1.64. The molecule has 5 heteroatoms. The Morgan fingerprint density at radius 3 is 2.33 bits per heavy atom. The lowest BCUT2D eigenvalue weighted by molar-refractivity contribution is -0.136. The lowest BCUT2D eigenvalue weighted by Gasteiger charge is -2.32. The lowest BCUT2D eigenvalue weighted by Crippen LogP contribution is -2.47. The van der Waals surface area contributed by atoms with Crippen LogP contribution in [0.2, 0.25) is 0 Å².